The first-order valence-electron chi connectivity index (χ1n) is 16.9. The van der Waals surface area contributed by atoms with Gasteiger partial charge in [-0.2, -0.15) is 0 Å². The molecule has 0 aliphatic rings. The van der Waals surface area contributed by atoms with E-state index >= 15 is 0 Å². The van der Waals surface area contributed by atoms with Crippen LogP contribution in [0.25, 0.3) is 6.08 Å². The van der Waals surface area contributed by atoms with Crippen LogP contribution in [0.1, 0.15) is 83.1 Å². The molecule has 0 fully saturated rings. The van der Waals surface area contributed by atoms with Crippen LogP contribution >= 0.6 is 0 Å². The van der Waals surface area contributed by atoms with Crippen molar-refractivity contribution in [2.45, 2.75) is 89.7 Å². The van der Waals surface area contributed by atoms with Crippen molar-refractivity contribution < 1.29 is 29.3 Å². The average molecular weight is 662 g/mol. The summed E-state index contributed by atoms with van der Waals surface area (Å²) in [6.45, 7) is 1.39. The van der Waals surface area contributed by atoms with Crippen LogP contribution in [0, 0.1) is 0 Å². The highest BCUT2D eigenvalue weighted by molar-refractivity contribution is 5.85. The van der Waals surface area contributed by atoms with E-state index in [-0.39, 0.29) is 24.7 Å². The maximum atomic E-state index is 12.6. The van der Waals surface area contributed by atoms with Gasteiger partial charge in [-0.15, -0.1) is 0 Å². The maximum Gasteiger partial charge on any atom is 0.329 e. The summed E-state index contributed by atoms with van der Waals surface area (Å²) in [7, 11) is 0. The summed E-state index contributed by atoms with van der Waals surface area (Å²) < 4.78 is 5.12. The second kappa shape index (κ2) is 30.0. The number of aromatic nitrogens is 1. The number of pyridine rings is 1. The van der Waals surface area contributed by atoms with E-state index in [0.717, 1.165) is 44.1 Å². The SMILES string of the molecule is CC/C=C\C/C=C\C/C=C\C/C=C\C/C=C\C/C=C\CCC(=O)NCCCC(NC(=O)C/C=C/c1cccnc1)C(=O)OC(CO)CO. The van der Waals surface area contributed by atoms with Crippen molar-refractivity contribution in [2.75, 3.05) is 19.8 Å². The Balaban J connectivity index is 2.27. The van der Waals surface area contributed by atoms with E-state index in [2.05, 4.69) is 83.3 Å². The van der Waals surface area contributed by atoms with E-state index < -0.39 is 31.3 Å². The fraction of sp³-hybridized carbons (Fsp3) is 0.436. The van der Waals surface area contributed by atoms with Crippen LogP contribution in [0.2, 0.25) is 0 Å². The number of carbonyl (C=O) groups is 3. The molecule has 1 aromatic rings. The summed E-state index contributed by atoms with van der Waals surface area (Å²) in [5.74, 6) is -1.24. The Morgan fingerprint density at radius 1 is 0.812 bits per heavy atom. The van der Waals surface area contributed by atoms with Gasteiger partial charge in [0.15, 0.2) is 0 Å². The molecule has 0 saturated heterocycles. The van der Waals surface area contributed by atoms with E-state index in [1.54, 1.807) is 30.6 Å². The predicted molar refractivity (Wildman–Crippen MR) is 194 cm³/mol. The van der Waals surface area contributed by atoms with Crippen LogP contribution in [0.4, 0.5) is 0 Å². The number of nitrogens with zero attached hydrogens (tertiary/aromatic N) is 1. The zero-order valence-electron chi connectivity index (χ0n) is 28.4. The molecule has 1 aromatic heterocycles. The number of nitrogens with one attached hydrogen (secondary N) is 2. The third-order valence-corrected chi connectivity index (χ3v) is 6.73. The number of ether oxygens (including phenoxy) is 1. The van der Waals surface area contributed by atoms with E-state index in [4.69, 9.17) is 4.74 Å². The molecule has 4 N–H and O–H groups in total. The van der Waals surface area contributed by atoms with Gasteiger partial charge in [0.05, 0.1) is 13.2 Å². The van der Waals surface area contributed by atoms with Gasteiger partial charge in [0.2, 0.25) is 11.8 Å². The smallest absolute Gasteiger partial charge is 0.329 e. The standard InChI is InChI=1S/C39H55N3O6/c1-2-3-4-5-6-7-8-9-10-11-12-13-14-15-16-17-18-19-20-27-37(45)41-30-23-26-36(39(47)48-35(32-43)33-44)42-38(46)28-21-24-34-25-22-29-40-31-34/h3-4,6-7,9-10,12-13,15-16,18-19,21-22,24-25,29,31,35-36,43-44H,2,5,8,11,14,17,20,23,26-28,30,32-33H2,1H3,(H,41,45)(H,42,46)/b4-3-,7-6-,10-9-,13-12-,16-15-,19-18-,24-21+. The van der Waals surface area contributed by atoms with Crippen molar-refractivity contribution in [1.82, 2.24) is 15.6 Å². The van der Waals surface area contributed by atoms with Crippen LogP contribution in [-0.2, 0) is 19.1 Å². The Hall–Kier alpha value is -4.34. The zero-order valence-corrected chi connectivity index (χ0v) is 28.4. The molecule has 0 aromatic carbocycles. The monoisotopic (exact) mass is 661 g/mol. The van der Waals surface area contributed by atoms with Crippen LogP contribution in [0.3, 0.4) is 0 Å². The Morgan fingerprint density at radius 2 is 1.40 bits per heavy atom. The second-order valence-corrected chi connectivity index (χ2v) is 10.9. The number of hydrogen-bond acceptors (Lipinski definition) is 7. The minimum absolute atomic E-state index is 0.0352. The Bertz CT molecular complexity index is 1210. The first-order chi connectivity index (χ1) is 23.5. The molecule has 0 aliphatic heterocycles. The summed E-state index contributed by atoms with van der Waals surface area (Å²) >= 11 is 0. The highest BCUT2D eigenvalue weighted by Gasteiger charge is 2.24. The van der Waals surface area contributed by atoms with Gasteiger partial charge in [-0.05, 0) is 69.4 Å². The first-order valence-corrected chi connectivity index (χ1v) is 16.9. The van der Waals surface area contributed by atoms with Crippen LogP contribution in [-0.4, -0.2) is 64.9 Å². The summed E-state index contributed by atoms with van der Waals surface area (Å²) in [5.41, 5.74) is 0.839. The largest absolute Gasteiger partial charge is 0.456 e. The van der Waals surface area contributed by atoms with E-state index in [1.807, 2.05) is 18.2 Å². The molecule has 9 heteroatoms. The van der Waals surface area contributed by atoms with Crippen LogP contribution < -0.4 is 10.6 Å². The van der Waals surface area contributed by atoms with Gasteiger partial charge in [0.1, 0.15) is 12.1 Å². The maximum absolute atomic E-state index is 12.6. The third-order valence-electron chi connectivity index (χ3n) is 6.73. The molecule has 0 radical (unpaired) electrons. The fourth-order valence-electron chi connectivity index (χ4n) is 4.13. The molecule has 0 bridgehead atoms. The summed E-state index contributed by atoms with van der Waals surface area (Å²) in [6.07, 6.45) is 38.7. The van der Waals surface area contributed by atoms with Gasteiger partial charge < -0.3 is 25.6 Å². The van der Waals surface area contributed by atoms with Gasteiger partial charge in [-0.1, -0.05) is 98.1 Å². The molecule has 0 saturated carbocycles. The van der Waals surface area contributed by atoms with Crippen LogP contribution in [0.15, 0.2) is 104 Å². The zero-order chi connectivity index (χ0) is 34.9. The highest BCUT2D eigenvalue weighted by atomic mass is 16.6. The minimum Gasteiger partial charge on any atom is -0.456 e. The molecule has 2 amide bonds. The first kappa shape index (κ1) is 41.7. The lowest BCUT2D eigenvalue weighted by atomic mass is 10.1. The molecule has 9 nitrogen and oxygen atoms in total. The number of hydrogen-bond donors (Lipinski definition) is 4. The lowest BCUT2D eigenvalue weighted by Gasteiger charge is -2.20. The predicted octanol–water partition coefficient (Wildman–Crippen LogP) is 6.24. The third kappa shape index (κ3) is 23.9. The highest BCUT2D eigenvalue weighted by Crippen LogP contribution is 2.06. The molecule has 1 heterocycles. The minimum atomic E-state index is -1.07. The average Bonchev–Trinajstić information content (AvgIpc) is 3.09. The molecule has 262 valence electrons. The Labute approximate surface area is 287 Å². The van der Waals surface area contributed by atoms with Crippen molar-refractivity contribution in [2.24, 2.45) is 0 Å². The van der Waals surface area contributed by atoms with Crippen molar-refractivity contribution >= 4 is 23.9 Å². The van der Waals surface area contributed by atoms with E-state index in [0.29, 0.717) is 25.8 Å². The molecular weight excluding hydrogens is 606 g/mol. The van der Waals surface area contributed by atoms with E-state index in [1.165, 1.54) is 0 Å². The van der Waals surface area contributed by atoms with Crippen molar-refractivity contribution in [3.05, 3.63) is 109 Å². The molecular formula is C39H55N3O6. The van der Waals surface area contributed by atoms with Crippen molar-refractivity contribution in [1.29, 1.82) is 0 Å². The number of esters is 1. The Kier molecular flexibility index (Phi) is 26.1. The summed E-state index contributed by atoms with van der Waals surface area (Å²) in [4.78, 5) is 41.4. The number of carbonyl (C=O) groups excluding carboxylic acids is 3. The molecule has 48 heavy (non-hydrogen) atoms. The number of aliphatic hydroxyl groups is 2. The molecule has 1 rings (SSSR count). The molecule has 0 spiro atoms. The normalized spacial score (nSPS) is 13.0. The fourth-order valence-corrected chi connectivity index (χ4v) is 4.13. The number of amides is 2. The van der Waals surface area contributed by atoms with Gasteiger partial charge in [-0.25, -0.2) is 4.79 Å². The topological polar surface area (TPSA) is 138 Å². The lowest BCUT2D eigenvalue weighted by Crippen LogP contribution is -2.44. The second-order valence-electron chi connectivity index (χ2n) is 10.9. The summed E-state index contributed by atoms with van der Waals surface area (Å²) in [5, 5.41) is 24.0. The summed E-state index contributed by atoms with van der Waals surface area (Å²) in [6, 6.07) is 2.65. The number of rotatable bonds is 26. The van der Waals surface area contributed by atoms with Crippen molar-refractivity contribution in [3.63, 3.8) is 0 Å². The quantitative estimate of drug-likeness (QED) is 0.0524. The molecule has 0 aliphatic carbocycles. The van der Waals surface area contributed by atoms with Gasteiger partial charge in [0.25, 0.3) is 0 Å². The van der Waals surface area contributed by atoms with Gasteiger partial charge >= 0.3 is 5.97 Å². The van der Waals surface area contributed by atoms with E-state index in [9.17, 15) is 24.6 Å². The molecule has 1 unspecified atom stereocenters. The number of allylic oxidation sites excluding steroid dienone is 12. The Morgan fingerprint density at radius 3 is 1.94 bits per heavy atom. The lowest BCUT2D eigenvalue weighted by molar-refractivity contribution is -0.157. The van der Waals surface area contributed by atoms with Gasteiger partial charge in [0, 0.05) is 31.8 Å². The van der Waals surface area contributed by atoms with Crippen molar-refractivity contribution in [3.8, 4) is 0 Å². The number of aliphatic hydroxyl groups excluding tert-OH is 2. The van der Waals surface area contributed by atoms with Crippen LogP contribution in [0.5, 0.6) is 0 Å². The van der Waals surface area contributed by atoms with Gasteiger partial charge in [-0.3, -0.25) is 14.6 Å². The molecule has 1 atom stereocenters.